The number of ketones is 1. The molecule has 1 aliphatic heterocycles. The molecule has 0 aliphatic carbocycles. The van der Waals surface area contributed by atoms with Gasteiger partial charge in [-0.15, -0.1) is 0 Å². The number of Topliss-reactive ketones (excluding diaryl/α,β-unsaturated/α-hetero) is 1. The van der Waals surface area contributed by atoms with Crippen LogP contribution in [0.2, 0.25) is 0 Å². The van der Waals surface area contributed by atoms with Crippen molar-refractivity contribution in [2.75, 3.05) is 32.7 Å². The van der Waals surface area contributed by atoms with Crippen LogP contribution in [0.4, 0.5) is 0 Å². The summed E-state index contributed by atoms with van der Waals surface area (Å²) in [7, 11) is 0. The summed E-state index contributed by atoms with van der Waals surface area (Å²) < 4.78 is 0. The average molecular weight is 271 g/mol. The van der Waals surface area contributed by atoms with Gasteiger partial charge in [0.1, 0.15) is 0 Å². The van der Waals surface area contributed by atoms with E-state index in [4.69, 9.17) is 0 Å². The van der Waals surface area contributed by atoms with Gasteiger partial charge in [-0.2, -0.15) is 0 Å². The lowest BCUT2D eigenvalue weighted by atomic mass is 10.1. The van der Waals surface area contributed by atoms with Crippen LogP contribution in [0.3, 0.4) is 0 Å². The molecule has 0 amide bonds. The van der Waals surface area contributed by atoms with E-state index in [1.807, 2.05) is 12.3 Å². The molecule has 1 fully saturated rings. The lowest BCUT2D eigenvalue weighted by molar-refractivity contribution is 0.0962. The third kappa shape index (κ3) is 2.76. The SMILES string of the molecule is Cc1ccc2[nH]cc(C(=O)CCN3CCNCC3)c2c1. The second-order valence-corrected chi connectivity index (χ2v) is 5.52. The van der Waals surface area contributed by atoms with Gasteiger partial charge in [0.15, 0.2) is 5.78 Å². The number of rotatable bonds is 4. The van der Waals surface area contributed by atoms with Gasteiger partial charge < -0.3 is 15.2 Å². The molecule has 2 N–H and O–H groups in total. The highest BCUT2D eigenvalue weighted by molar-refractivity contribution is 6.08. The number of carbonyl (C=O) groups is 1. The molecule has 0 radical (unpaired) electrons. The number of carbonyl (C=O) groups excluding carboxylic acids is 1. The summed E-state index contributed by atoms with van der Waals surface area (Å²) >= 11 is 0. The molecule has 0 unspecified atom stereocenters. The summed E-state index contributed by atoms with van der Waals surface area (Å²) in [6.45, 7) is 7.06. The number of aromatic nitrogens is 1. The van der Waals surface area contributed by atoms with Gasteiger partial charge in [0.25, 0.3) is 0 Å². The van der Waals surface area contributed by atoms with Crippen LogP contribution in [0.15, 0.2) is 24.4 Å². The van der Waals surface area contributed by atoms with Crippen molar-refractivity contribution in [2.45, 2.75) is 13.3 Å². The zero-order valence-corrected chi connectivity index (χ0v) is 11.9. The Morgan fingerprint density at radius 1 is 1.30 bits per heavy atom. The van der Waals surface area contributed by atoms with E-state index in [1.54, 1.807) is 0 Å². The Morgan fingerprint density at radius 3 is 2.90 bits per heavy atom. The van der Waals surface area contributed by atoms with Gasteiger partial charge in [-0.1, -0.05) is 11.6 Å². The van der Waals surface area contributed by atoms with Gasteiger partial charge in [0.2, 0.25) is 0 Å². The first kappa shape index (κ1) is 13.3. The lowest BCUT2D eigenvalue weighted by Crippen LogP contribution is -2.44. The van der Waals surface area contributed by atoms with Crippen LogP contribution in [0.5, 0.6) is 0 Å². The molecule has 1 aromatic carbocycles. The zero-order valence-electron chi connectivity index (χ0n) is 11.9. The molecule has 1 aliphatic rings. The fourth-order valence-electron chi connectivity index (χ4n) is 2.79. The van der Waals surface area contributed by atoms with Crippen LogP contribution in [0.25, 0.3) is 10.9 Å². The number of hydrogen-bond acceptors (Lipinski definition) is 3. The normalized spacial score (nSPS) is 16.6. The van der Waals surface area contributed by atoms with Crippen molar-refractivity contribution in [3.8, 4) is 0 Å². The van der Waals surface area contributed by atoms with Gasteiger partial charge in [0, 0.05) is 61.8 Å². The van der Waals surface area contributed by atoms with Crippen molar-refractivity contribution in [1.82, 2.24) is 15.2 Å². The lowest BCUT2D eigenvalue weighted by Gasteiger charge is -2.26. The second kappa shape index (κ2) is 5.77. The van der Waals surface area contributed by atoms with Crippen molar-refractivity contribution < 1.29 is 4.79 Å². The third-order valence-electron chi connectivity index (χ3n) is 4.00. The van der Waals surface area contributed by atoms with Crippen LogP contribution in [0.1, 0.15) is 22.3 Å². The Balaban J connectivity index is 1.70. The molecule has 4 nitrogen and oxygen atoms in total. The highest BCUT2D eigenvalue weighted by Gasteiger charge is 2.15. The Hall–Kier alpha value is -1.65. The quantitative estimate of drug-likeness (QED) is 0.836. The molecule has 20 heavy (non-hydrogen) atoms. The zero-order chi connectivity index (χ0) is 13.9. The Kier molecular flexibility index (Phi) is 3.85. The van der Waals surface area contributed by atoms with E-state index in [9.17, 15) is 4.79 Å². The number of piperazine rings is 1. The molecule has 4 heteroatoms. The Morgan fingerprint density at radius 2 is 2.10 bits per heavy atom. The van der Waals surface area contributed by atoms with Gasteiger partial charge >= 0.3 is 0 Å². The monoisotopic (exact) mass is 271 g/mol. The second-order valence-electron chi connectivity index (χ2n) is 5.52. The summed E-state index contributed by atoms with van der Waals surface area (Å²) in [6.07, 6.45) is 2.45. The molecule has 106 valence electrons. The van der Waals surface area contributed by atoms with E-state index in [-0.39, 0.29) is 5.78 Å². The Bertz CT molecular complexity index is 611. The summed E-state index contributed by atoms with van der Waals surface area (Å²) in [5.74, 6) is 0.236. The van der Waals surface area contributed by atoms with Crippen LogP contribution in [0, 0.1) is 6.92 Å². The first-order valence-corrected chi connectivity index (χ1v) is 7.28. The molecule has 1 aromatic heterocycles. The summed E-state index contributed by atoms with van der Waals surface area (Å²) in [4.78, 5) is 18.0. The van der Waals surface area contributed by atoms with Crippen LogP contribution < -0.4 is 5.32 Å². The van der Waals surface area contributed by atoms with Crippen LogP contribution in [-0.4, -0.2) is 48.4 Å². The third-order valence-corrected chi connectivity index (χ3v) is 4.00. The van der Waals surface area contributed by atoms with E-state index in [2.05, 4.69) is 34.3 Å². The Labute approximate surface area is 119 Å². The topological polar surface area (TPSA) is 48.1 Å². The number of H-pyrrole nitrogens is 1. The number of hydrogen-bond donors (Lipinski definition) is 2. The highest BCUT2D eigenvalue weighted by Crippen LogP contribution is 2.21. The van der Waals surface area contributed by atoms with Gasteiger partial charge in [-0.3, -0.25) is 4.79 Å². The minimum atomic E-state index is 0.236. The molecule has 1 saturated heterocycles. The van der Waals surface area contributed by atoms with E-state index >= 15 is 0 Å². The van der Waals surface area contributed by atoms with Gasteiger partial charge in [-0.25, -0.2) is 0 Å². The maximum Gasteiger partial charge on any atom is 0.166 e. The number of aromatic amines is 1. The minimum Gasteiger partial charge on any atom is -0.360 e. The fraction of sp³-hybridized carbons (Fsp3) is 0.438. The summed E-state index contributed by atoms with van der Waals surface area (Å²) in [6, 6.07) is 6.19. The van der Waals surface area contributed by atoms with Crippen molar-refractivity contribution >= 4 is 16.7 Å². The van der Waals surface area contributed by atoms with E-state index < -0.39 is 0 Å². The van der Waals surface area contributed by atoms with Gasteiger partial charge in [-0.05, 0) is 19.1 Å². The number of nitrogens with one attached hydrogen (secondary N) is 2. The molecular formula is C16H21N3O. The number of benzene rings is 1. The number of fused-ring (bicyclic) bond motifs is 1. The average Bonchev–Trinajstić information content (AvgIpc) is 2.89. The summed E-state index contributed by atoms with van der Waals surface area (Å²) in [5, 5.41) is 4.38. The molecule has 2 aromatic rings. The fourth-order valence-corrected chi connectivity index (χ4v) is 2.79. The minimum absolute atomic E-state index is 0.236. The standard InChI is InChI=1S/C16H21N3O/c1-12-2-3-15-13(10-12)14(11-18-15)16(20)4-7-19-8-5-17-6-9-19/h2-3,10-11,17-18H,4-9H2,1H3. The molecule has 0 bridgehead atoms. The molecule has 2 heterocycles. The molecule has 0 saturated carbocycles. The highest BCUT2D eigenvalue weighted by atomic mass is 16.1. The van der Waals surface area contributed by atoms with E-state index in [0.717, 1.165) is 49.2 Å². The predicted molar refractivity (Wildman–Crippen MR) is 81.3 cm³/mol. The number of nitrogens with zero attached hydrogens (tertiary/aromatic N) is 1. The maximum atomic E-state index is 12.4. The maximum absolute atomic E-state index is 12.4. The largest absolute Gasteiger partial charge is 0.360 e. The first-order chi connectivity index (χ1) is 9.74. The molecule has 0 spiro atoms. The van der Waals surface area contributed by atoms with Crippen molar-refractivity contribution in [3.05, 3.63) is 35.5 Å². The van der Waals surface area contributed by atoms with E-state index in [0.29, 0.717) is 6.42 Å². The van der Waals surface area contributed by atoms with Crippen LogP contribution in [-0.2, 0) is 0 Å². The molecular weight excluding hydrogens is 250 g/mol. The first-order valence-electron chi connectivity index (χ1n) is 7.28. The van der Waals surface area contributed by atoms with Crippen molar-refractivity contribution in [1.29, 1.82) is 0 Å². The molecule has 0 atom stereocenters. The smallest absolute Gasteiger partial charge is 0.166 e. The van der Waals surface area contributed by atoms with Crippen molar-refractivity contribution in [3.63, 3.8) is 0 Å². The molecule has 3 rings (SSSR count). The summed E-state index contributed by atoms with van der Waals surface area (Å²) in [5.41, 5.74) is 3.06. The van der Waals surface area contributed by atoms with Crippen LogP contribution >= 0.6 is 0 Å². The number of aryl methyl sites for hydroxylation is 1. The predicted octanol–water partition coefficient (Wildman–Crippen LogP) is 1.95. The van der Waals surface area contributed by atoms with Gasteiger partial charge in [0.05, 0.1) is 0 Å². The van der Waals surface area contributed by atoms with E-state index in [1.165, 1.54) is 5.56 Å². The van der Waals surface area contributed by atoms with Crippen molar-refractivity contribution in [2.24, 2.45) is 0 Å².